The molecule has 0 fully saturated rings. The van der Waals surface area contributed by atoms with Crippen LogP contribution in [-0.4, -0.2) is 31.1 Å². The lowest BCUT2D eigenvalue weighted by molar-refractivity contribution is -0.137. The minimum Gasteiger partial charge on any atom is -0.481 e. The van der Waals surface area contributed by atoms with Crippen LogP contribution in [0.5, 0.6) is 0 Å². The van der Waals surface area contributed by atoms with E-state index in [0.717, 1.165) is 36.1 Å². The highest BCUT2D eigenvalue weighted by molar-refractivity contribution is 6.31. The van der Waals surface area contributed by atoms with Gasteiger partial charge in [0.25, 0.3) is 0 Å². The van der Waals surface area contributed by atoms with Crippen LogP contribution < -0.4 is 5.69 Å². The van der Waals surface area contributed by atoms with Crippen molar-refractivity contribution in [3.05, 3.63) is 121 Å². The van der Waals surface area contributed by atoms with Crippen molar-refractivity contribution in [2.75, 3.05) is 0 Å². The molecular weight excluding hydrogens is 547 g/mol. The van der Waals surface area contributed by atoms with Gasteiger partial charge in [0.05, 0.1) is 25.2 Å². The molecule has 1 aromatic heterocycles. The third-order valence-electron chi connectivity index (χ3n) is 7.70. The first-order chi connectivity index (χ1) is 19.3. The summed E-state index contributed by atoms with van der Waals surface area (Å²) < 4.78 is 2.78. The molecule has 0 unspecified atom stereocenters. The quantitative estimate of drug-likeness (QED) is 0.229. The number of aryl methyl sites for hydroxylation is 1. The van der Waals surface area contributed by atoms with E-state index in [1.807, 2.05) is 36.4 Å². The summed E-state index contributed by atoms with van der Waals surface area (Å²) >= 11 is 12.2. The van der Waals surface area contributed by atoms with Crippen LogP contribution in [-0.2, 0) is 36.3 Å². The summed E-state index contributed by atoms with van der Waals surface area (Å²) in [4.78, 5) is 29.9. The molecular formula is C31H30Cl2N4O3. The summed E-state index contributed by atoms with van der Waals surface area (Å²) in [6.45, 7) is 2.56. The van der Waals surface area contributed by atoms with Crippen LogP contribution in [0.2, 0.25) is 10.0 Å². The van der Waals surface area contributed by atoms with Gasteiger partial charge in [0, 0.05) is 22.0 Å². The lowest BCUT2D eigenvalue weighted by Gasteiger charge is -2.32. The molecule has 1 atom stereocenters. The summed E-state index contributed by atoms with van der Waals surface area (Å²) in [6, 6.07) is 23.4. The number of halogens is 2. The van der Waals surface area contributed by atoms with E-state index < -0.39 is 5.97 Å². The number of carboxylic acids is 1. The van der Waals surface area contributed by atoms with Crippen molar-refractivity contribution in [2.45, 2.75) is 57.7 Å². The first-order valence-electron chi connectivity index (χ1n) is 13.3. The van der Waals surface area contributed by atoms with E-state index in [1.165, 1.54) is 20.4 Å². The topological polar surface area (TPSA) is 89.5 Å². The molecule has 4 aromatic rings. The average Bonchev–Trinajstić information content (AvgIpc) is 3.47. The Morgan fingerprint density at radius 2 is 1.70 bits per heavy atom. The van der Waals surface area contributed by atoms with Gasteiger partial charge in [-0.25, -0.2) is 9.48 Å². The number of fused-ring (bicyclic) bond motifs is 1. The van der Waals surface area contributed by atoms with E-state index in [4.69, 9.17) is 28.2 Å². The van der Waals surface area contributed by atoms with Crippen molar-refractivity contribution in [2.24, 2.45) is 4.99 Å². The predicted molar refractivity (Wildman–Crippen MR) is 158 cm³/mol. The second-order valence-corrected chi connectivity index (χ2v) is 10.9. The van der Waals surface area contributed by atoms with E-state index in [-0.39, 0.29) is 37.2 Å². The van der Waals surface area contributed by atoms with Crippen LogP contribution in [0.3, 0.4) is 0 Å². The maximum Gasteiger partial charge on any atom is 0.346 e. The second-order valence-electron chi connectivity index (χ2n) is 10.0. The fraction of sp³-hybridized carbons (Fsp3) is 0.290. The molecule has 206 valence electrons. The second kappa shape index (κ2) is 11.8. The predicted octanol–water partition coefficient (Wildman–Crippen LogP) is 6.16. The van der Waals surface area contributed by atoms with Crippen molar-refractivity contribution < 1.29 is 9.90 Å². The minimum atomic E-state index is -0.985. The van der Waals surface area contributed by atoms with Gasteiger partial charge in [-0.15, -0.1) is 0 Å². The SMILES string of the molecule is CC[C@]1(C(=NCc2nn(Cc3ccc(Cl)cc3)c(=O)n2CCC(=O)O)c2ccc(Cl)cc2)CCc2ccccc21. The van der Waals surface area contributed by atoms with Gasteiger partial charge in [0.15, 0.2) is 5.82 Å². The zero-order valence-electron chi connectivity index (χ0n) is 22.2. The van der Waals surface area contributed by atoms with Crippen LogP contribution in [0.15, 0.2) is 82.6 Å². The Balaban J connectivity index is 1.58. The molecule has 0 spiro atoms. The Morgan fingerprint density at radius 1 is 1.02 bits per heavy atom. The largest absolute Gasteiger partial charge is 0.481 e. The summed E-state index contributed by atoms with van der Waals surface area (Å²) in [7, 11) is 0. The van der Waals surface area contributed by atoms with E-state index in [1.54, 1.807) is 12.1 Å². The Bertz CT molecular complexity index is 1610. The highest BCUT2D eigenvalue weighted by atomic mass is 35.5. The minimum absolute atomic E-state index is 0.0116. The number of hydrogen-bond donors (Lipinski definition) is 1. The molecule has 0 radical (unpaired) electrons. The molecule has 1 N–H and O–H groups in total. The zero-order chi connectivity index (χ0) is 28.3. The third kappa shape index (κ3) is 5.62. The van der Waals surface area contributed by atoms with Crippen molar-refractivity contribution in [1.29, 1.82) is 0 Å². The summed E-state index contributed by atoms with van der Waals surface area (Å²) in [5.41, 5.74) is 4.65. The average molecular weight is 578 g/mol. The van der Waals surface area contributed by atoms with Crippen molar-refractivity contribution in [1.82, 2.24) is 14.3 Å². The van der Waals surface area contributed by atoms with Crippen LogP contribution in [0, 0.1) is 0 Å². The standard InChI is InChI=1S/C31H30Cl2N4O3/c1-2-31(17-15-22-5-3-4-6-26(22)31)29(23-9-13-25(33)14-10-23)34-19-27-35-37(20-21-7-11-24(32)12-8-21)30(40)36(27)18-16-28(38)39/h3-14H,2,15-20H2,1H3,(H,38,39)/t31-/m0/s1. The molecule has 0 saturated carbocycles. The molecule has 0 saturated heterocycles. The molecule has 1 aliphatic carbocycles. The Labute approximate surface area is 242 Å². The molecule has 0 amide bonds. The van der Waals surface area contributed by atoms with Crippen molar-refractivity contribution in [3.8, 4) is 0 Å². The molecule has 7 nitrogen and oxygen atoms in total. The third-order valence-corrected chi connectivity index (χ3v) is 8.21. The number of rotatable bonds is 10. The molecule has 3 aromatic carbocycles. The van der Waals surface area contributed by atoms with Gasteiger partial charge in [0.2, 0.25) is 0 Å². The van der Waals surface area contributed by atoms with E-state index in [9.17, 15) is 14.7 Å². The molecule has 1 heterocycles. The fourth-order valence-electron chi connectivity index (χ4n) is 5.65. The number of nitrogens with zero attached hydrogens (tertiary/aromatic N) is 4. The summed E-state index contributed by atoms with van der Waals surface area (Å²) in [5, 5.41) is 15.2. The number of benzene rings is 3. The van der Waals surface area contributed by atoms with Crippen molar-refractivity contribution in [3.63, 3.8) is 0 Å². The smallest absolute Gasteiger partial charge is 0.346 e. The Kier molecular flexibility index (Phi) is 8.24. The monoisotopic (exact) mass is 576 g/mol. The molecule has 0 aliphatic heterocycles. The first-order valence-corrected chi connectivity index (χ1v) is 14.1. The van der Waals surface area contributed by atoms with Gasteiger partial charge in [-0.05, 0) is 65.8 Å². The number of aliphatic carboxylic acids is 1. The van der Waals surface area contributed by atoms with E-state index >= 15 is 0 Å². The highest BCUT2D eigenvalue weighted by Gasteiger charge is 2.42. The number of aliphatic imine (C=N–C) groups is 1. The molecule has 0 bridgehead atoms. The van der Waals surface area contributed by atoms with Crippen LogP contribution in [0.25, 0.3) is 0 Å². The molecule has 9 heteroatoms. The number of carboxylic acid groups (broad SMARTS) is 1. The lowest BCUT2D eigenvalue weighted by Crippen LogP contribution is -2.34. The fourth-order valence-corrected chi connectivity index (χ4v) is 5.90. The van der Waals surface area contributed by atoms with Crippen LogP contribution in [0.1, 0.15) is 54.3 Å². The maximum absolute atomic E-state index is 13.3. The van der Waals surface area contributed by atoms with Gasteiger partial charge in [-0.2, -0.15) is 5.10 Å². The van der Waals surface area contributed by atoms with Crippen molar-refractivity contribution >= 4 is 34.9 Å². The zero-order valence-corrected chi connectivity index (χ0v) is 23.7. The number of aromatic nitrogens is 3. The van der Waals surface area contributed by atoms with Crippen LogP contribution in [0.4, 0.5) is 0 Å². The van der Waals surface area contributed by atoms with Crippen LogP contribution >= 0.6 is 23.2 Å². The van der Waals surface area contributed by atoms with Gasteiger partial charge < -0.3 is 5.11 Å². The number of hydrogen-bond acceptors (Lipinski definition) is 4. The maximum atomic E-state index is 13.3. The normalized spacial score (nSPS) is 16.7. The Hall–Kier alpha value is -3.68. The van der Waals surface area contributed by atoms with Gasteiger partial charge in [0.1, 0.15) is 0 Å². The lowest BCUT2D eigenvalue weighted by atomic mass is 9.72. The van der Waals surface area contributed by atoms with E-state index in [2.05, 4.69) is 36.3 Å². The van der Waals surface area contributed by atoms with Gasteiger partial charge >= 0.3 is 11.7 Å². The molecule has 1 aliphatic rings. The van der Waals surface area contributed by atoms with Gasteiger partial charge in [-0.3, -0.25) is 14.4 Å². The first kappa shape index (κ1) is 27.9. The molecule has 40 heavy (non-hydrogen) atoms. The number of carbonyl (C=O) groups is 1. The molecule has 5 rings (SSSR count). The Morgan fingerprint density at radius 3 is 2.38 bits per heavy atom. The van der Waals surface area contributed by atoms with Gasteiger partial charge in [-0.1, -0.05) is 78.7 Å². The summed E-state index contributed by atoms with van der Waals surface area (Å²) in [6.07, 6.45) is 2.53. The highest BCUT2D eigenvalue weighted by Crippen LogP contribution is 2.44. The van der Waals surface area contributed by atoms with E-state index in [0.29, 0.717) is 15.9 Å². The summed E-state index contributed by atoms with van der Waals surface area (Å²) in [5.74, 6) is -0.564.